The lowest BCUT2D eigenvalue weighted by Gasteiger charge is -2.15. The van der Waals surface area contributed by atoms with E-state index in [1.807, 2.05) is 20.8 Å². The Morgan fingerprint density at radius 2 is 2.15 bits per heavy atom. The molecule has 1 aliphatic heterocycles. The maximum absolute atomic E-state index is 15.1. The van der Waals surface area contributed by atoms with Crippen LogP contribution in [0.5, 0.6) is 5.88 Å². The van der Waals surface area contributed by atoms with Crippen molar-refractivity contribution in [3.63, 3.8) is 0 Å². The Kier molecular flexibility index (Phi) is 6.85. The van der Waals surface area contributed by atoms with E-state index in [-0.39, 0.29) is 24.4 Å². The fourth-order valence-corrected chi connectivity index (χ4v) is 4.29. The molecule has 2 N–H and O–H groups in total. The molecular formula is C27H28FN7O4. The summed E-state index contributed by atoms with van der Waals surface area (Å²) in [5, 5.41) is 14.1. The number of aromatic amines is 1. The molecule has 1 aliphatic rings. The highest BCUT2D eigenvalue weighted by Gasteiger charge is 2.28. The number of nitrogens with zero attached hydrogens (tertiary/aromatic N) is 5. The number of aromatic nitrogens is 5. The third kappa shape index (κ3) is 5.35. The van der Waals surface area contributed by atoms with Crippen LogP contribution in [0.2, 0.25) is 0 Å². The standard InChI is InChI=1S/C27H28FN7O4/c1-5-20(36)35-11-9-17(14-35)38-25-21-18(8-10-29-22(21)32-33-25)15-6-7-16(19(28)12-15)13-30-24(37)23-31-26(39-34-23)27(2,3)4/h5-8,10,12,17H,1,9,11,13-14H2,2-4H3,(H,30,37)(H,29,32,33)/t17-/m1/s1. The molecule has 2 amide bonds. The quantitative estimate of drug-likeness (QED) is 0.344. The van der Waals surface area contributed by atoms with Crippen molar-refractivity contribution in [3.05, 3.63) is 66.2 Å². The zero-order valence-corrected chi connectivity index (χ0v) is 21.8. The average molecular weight is 534 g/mol. The number of rotatable bonds is 7. The molecule has 1 fully saturated rings. The Balaban J connectivity index is 1.32. The van der Waals surface area contributed by atoms with E-state index in [0.29, 0.717) is 59.0 Å². The number of amides is 2. The van der Waals surface area contributed by atoms with Crippen molar-refractivity contribution in [2.24, 2.45) is 0 Å². The van der Waals surface area contributed by atoms with Crippen LogP contribution in [0.1, 0.15) is 49.3 Å². The number of fused-ring (bicyclic) bond motifs is 1. The van der Waals surface area contributed by atoms with Crippen LogP contribution in [0, 0.1) is 5.82 Å². The van der Waals surface area contributed by atoms with Crippen LogP contribution >= 0.6 is 0 Å². The van der Waals surface area contributed by atoms with Gasteiger partial charge in [-0.05, 0) is 29.3 Å². The normalized spacial score (nSPS) is 15.5. The van der Waals surface area contributed by atoms with Crippen molar-refractivity contribution >= 4 is 22.8 Å². The molecule has 39 heavy (non-hydrogen) atoms. The predicted molar refractivity (Wildman–Crippen MR) is 139 cm³/mol. The highest BCUT2D eigenvalue weighted by atomic mass is 19.1. The van der Waals surface area contributed by atoms with Gasteiger partial charge in [0, 0.05) is 36.7 Å². The molecule has 1 aromatic carbocycles. The zero-order valence-electron chi connectivity index (χ0n) is 21.8. The summed E-state index contributed by atoms with van der Waals surface area (Å²) in [6, 6.07) is 6.50. The van der Waals surface area contributed by atoms with Crippen molar-refractivity contribution < 1.29 is 23.2 Å². The Morgan fingerprint density at radius 1 is 1.33 bits per heavy atom. The number of hydrogen-bond donors (Lipinski definition) is 2. The van der Waals surface area contributed by atoms with Crippen molar-refractivity contribution in [1.29, 1.82) is 0 Å². The maximum atomic E-state index is 15.1. The first-order chi connectivity index (χ1) is 18.6. The van der Waals surface area contributed by atoms with Crippen molar-refractivity contribution in [1.82, 2.24) is 35.5 Å². The largest absolute Gasteiger partial charge is 0.471 e. The summed E-state index contributed by atoms with van der Waals surface area (Å²) in [4.78, 5) is 34.5. The smallest absolute Gasteiger partial charge is 0.292 e. The van der Waals surface area contributed by atoms with Gasteiger partial charge in [0.25, 0.3) is 11.7 Å². The summed E-state index contributed by atoms with van der Waals surface area (Å²) < 4.78 is 26.4. The molecule has 0 unspecified atom stereocenters. The topological polar surface area (TPSA) is 139 Å². The third-order valence-electron chi connectivity index (χ3n) is 6.41. The van der Waals surface area contributed by atoms with E-state index in [2.05, 4.69) is 37.2 Å². The third-order valence-corrected chi connectivity index (χ3v) is 6.41. The number of hydrogen-bond acceptors (Lipinski definition) is 8. The zero-order chi connectivity index (χ0) is 27.7. The Hall–Kier alpha value is -4.61. The SMILES string of the molecule is C=CC(=O)N1CC[C@@H](Oc2n[nH]c3nccc(-c4ccc(CNC(=O)c5noc(C(C)(C)C)n5)c(F)c4)c23)C1. The number of carbonyl (C=O) groups is 2. The van der Waals surface area contributed by atoms with Crippen LogP contribution in [0.15, 0.2) is 47.6 Å². The van der Waals surface area contributed by atoms with Crippen LogP contribution in [0.25, 0.3) is 22.2 Å². The molecule has 12 heteroatoms. The van der Waals surface area contributed by atoms with Crippen LogP contribution in [0.3, 0.4) is 0 Å². The van der Waals surface area contributed by atoms with Crippen LogP contribution < -0.4 is 10.1 Å². The minimum Gasteiger partial charge on any atom is -0.471 e. The Morgan fingerprint density at radius 3 is 2.87 bits per heavy atom. The lowest BCUT2D eigenvalue weighted by molar-refractivity contribution is -0.125. The maximum Gasteiger partial charge on any atom is 0.292 e. The van der Waals surface area contributed by atoms with E-state index in [0.717, 1.165) is 0 Å². The van der Waals surface area contributed by atoms with E-state index in [1.54, 1.807) is 29.3 Å². The molecule has 4 heterocycles. The lowest BCUT2D eigenvalue weighted by atomic mass is 9.97. The summed E-state index contributed by atoms with van der Waals surface area (Å²) in [6.45, 7) is 10.1. The van der Waals surface area contributed by atoms with Gasteiger partial charge in [-0.2, -0.15) is 4.98 Å². The number of nitrogens with one attached hydrogen (secondary N) is 2. The number of benzene rings is 1. The molecule has 0 bridgehead atoms. The van der Waals surface area contributed by atoms with Crippen molar-refractivity contribution in [2.45, 2.75) is 45.3 Å². The van der Waals surface area contributed by atoms with Gasteiger partial charge in [0.1, 0.15) is 11.9 Å². The number of ether oxygens (including phenoxy) is 1. The van der Waals surface area contributed by atoms with Gasteiger partial charge in [0.05, 0.1) is 11.9 Å². The number of likely N-dealkylation sites (tertiary alicyclic amines) is 1. The highest BCUT2D eigenvalue weighted by molar-refractivity contribution is 5.96. The Bertz CT molecular complexity index is 1560. The number of pyridine rings is 1. The van der Waals surface area contributed by atoms with Crippen molar-refractivity contribution in [2.75, 3.05) is 13.1 Å². The van der Waals surface area contributed by atoms with Gasteiger partial charge < -0.3 is 19.5 Å². The van der Waals surface area contributed by atoms with Crippen LogP contribution in [-0.4, -0.2) is 61.2 Å². The molecule has 5 rings (SSSR count). The first kappa shape index (κ1) is 26.0. The first-order valence-electron chi connectivity index (χ1n) is 12.5. The Labute approximate surface area is 223 Å². The summed E-state index contributed by atoms with van der Waals surface area (Å²) >= 11 is 0. The minimum atomic E-state index is -0.561. The van der Waals surface area contributed by atoms with Gasteiger partial charge in [0.2, 0.25) is 17.7 Å². The number of H-pyrrole nitrogens is 1. The molecule has 4 aromatic rings. The number of halogens is 1. The van der Waals surface area contributed by atoms with E-state index in [4.69, 9.17) is 9.26 Å². The van der Waals surface area contributed by atoms with E-state index >= 15 is 4.39 Å². The highest BCUT2D eigenvalue weighted by Crippen LogP contribution is 2.34. The van der Waals surface area contributed by atoms with Gasteiger partial charge in [-0.15, -0.1) is 5.10 Å². The molecule has 0 spiro atoms. The van der Waals surface area contributed by atoms with E-state index in [1.165, 1.54) is 12.1 Å². The summed E-state index contributed by atoms with van der Waals surface area (Å²) in [6.07, 6.45) is 3.30. The predicted octanol–water partition coefficient (Wildman–Crippen LogP) is 3.54. The molecule has 1 saturated heterocycles. The summed E-state index contributed by atoms with van der Waals surface area (Å²) in [7, 11) is 0. The van der Waals surface area contributed by atoms with Crippen LogP contribution in [-0.2, 0) is 16.8 Å². The molecule has 1 atom stereocenters. The molecule has 3 aromatic heterocycles. The van der Waals surface area contributed by atoms with Gasteiger partial charge in [0.15, 0.2) is 5.65 Å². The van der Waals surface area contributed by atoms with E-state index in [9.17, 15) is 9.59 Å². The molecule has 0 saturated carbocycles. The minimum absolute atomic E-state index is 0.0578. The fourth-order valence-electron chi connectivity index (χ4n) is 4.29. The van der Waals surface area contributed by atoms with Gasteiger partial charge in [-0.3, -0.25) is 14.7 Å². The first-order valence-corrected chi connectivity index (χ1v) is 12.5. The molecule has 202 valence electrons. The van der Waals surface area contributed by atoms with Gasteiger partial charge in [-0.1, -0.05) is 44.6 Å². The average Bonchev–Trinajstić information content (AvgIpc) is 3.67. The molecule has 0 radical (unpaired) electrons. The fraction of sp³-hybridized carbons (Fsp3) is 0.333. The molecular weight excluding hydrogens is 505 g/mol. The van der Waals surface area contributed by atoms with Gasteiger partial charge in [-0.25, -0.2) is 9.37 Å². The van der Waals surface area contributed by atoms with Crippen LogP contribution in [0.4, 0.5) is 4.39 Å². The second kappa shape index (κ2) is 10.3. The second-order valence-electron chi connectivity index (χ2n) is 10.3. The molecule has 0 aliphatic carbocycles. The number of carbonyl (C=O) groups excluding carboxylic acids is 2. The summed E-state index contributed by atoms with van der Waals surface area (Å²) in [5.41, 5.74) is 1.65. The van der Waals surface area contributed by atoms with Crippen molar-refractivity contribution in [3.8, 4) is 17.0 Å². The second-order valence-corrected chi connectivity index (χ2v) is 10.3. The van der Waals surface area contributed by atoms with E-state index < -0.39 is 17.1 Å². The van der Waals surface area contributed by atoms with Gasteiger partial charge >= 0.3 is 0 Å². The summed E-state index contributed by atoms with van der Waals surface area (Å²) in [5.74, 6) is -0.644. The molecule has 11 nitrogen and oxygen atoms in total. The lowest BCUT2D eigenvalue weighted by Crippen LogP contribution is -2.29. The monoisotopic (exact) mass is 533 g/mol.